The lowest BCUT2D eigenvalue weighted by molar-refractivity contribution is -0.126. The Bertz CT molecular complexity index is 242. The van der Waals surface area contributed by atoms with E-state index in [2.05, 4.69) is 0 Å². The average molecular weight is 192 g/mol. The largest absolute Gasteiger partial charge is 0.299 e. The molecule has 3 aliphatic carbocycles. The van der Waals surface area contributed by atoms with Gasteiger partial charge in [-0.05, 0) is 49.9 Å². The van der Waals surface area contributed by atoms with Crippen molar-refractivity contribution in [2.75, 3.05) is 0 Å². The van der Waals surface area contributed by atoms with Crippen molar-refractivity contribution in [3.8, 4) is 0 Å². The van der Waals surface area contributed by atoms with Gasteiger partial charge in [0.25, 0.3) is 0 Å². The molecule has 1 heteroatoms. The Balaban J connectivity index is 1.54. The fourth-order valence-corrected chi connectivity index (χ4v) is 3.78. The first kappa shape index (κ1) is 8.94. The molecule has 0 amide bonds. The van der Waals surface area contributed by atoms with Crippen molar-refractivity contribution in [2.45, 2.75) is 51.4 Å². The molecule has 3 unspecified atom stereocenters. The minimum absolute atomic E-state index is 0.481. The van der Waals surface area contributed by atoms with Gasteiger partial charge in [0.05, 0.1) is 0 Å². The number of carbonyl (C=O) groups excluding carboxylic acids is 1. The van der Waals surface area contributed by atoms with E-state index in [-0.39, 0.29) is 0 Å². The van der Waals surface area contributed by atoms with Crippen molar-refractivity contribution < 1.29 is 4.79 Å². The zero-order valence-corrected chi connectivity index (χ0v) is 8.87. The molecule has 0 aromatic carbocycles. The van der Waals surface area contributed by atoms with Crippen molar-refractivity contribution >= 4 is 5.78 Å². The van der Waals surface area contributed by atoms with Gasteiger partial charge >= 0.3 is 0 Å². The van der Waals surface area contributed by atoms with E-state index in [1.807, 2.05) is 0 Å². The highest BCUT2D eigenvalue weighted by atomic mass is 16.1. The molecule has 0 N–H and O–H groups in total. The van der Waals surface area contributed by atoms with Crippen LogP contribution in [0.5, 0.6) is 0 Å². The fraction of sp³-hybridized carbons (Fsp3) is 0.923. The Kier molecular flexibility index (Phi) is 2.14. The molecule has 0 aromatic rings. The number of Topliss-reactive ketones (excluding diaryl/α,β-unsaturated/α-hetero) is 1. The van der Waals surface area contributed by atoms with Crippen LogP contribution in [0.15, 0.2) is 0 Å². The monoisotopic (exact) mass is 192 g/mol. The Morgan fingerprint density at radius 2 is 1.93 bits per heavy atom. The summed E-state index contributed by atoms with van der Waals surface area (Å²) in [5.74, 6) is 3.81. The summed E-state index contributed by atoms with van der Waals surface area (Å²) in [7, 11) is 0. The van der Waals surface area contributed by atoms with Gasteiger partial charge in [0.1, 0.15) is 5.78 Å². The minimum Gasteiger partial charge on any atom is -0.299 e. The fourth-order valence-electron chi connectivity index (χ4n) is 3.78. The Hall–Kier alpha value is -0.330. The summed E-state index contributed by atoms with van der Waals surface area (Å²) >= 11 is 0. The van der Waals surface area contributed by atoms with Gasteiger partial charge in [0.2, 0.25) is 0 Å². The lowest BCUT2D eigenvalue weighted by atomic mass is 9.76. The zero-order chi connectivity index (χ0) is 9.54. The van der Waals surface area contributed by atoms with E-state index in [0.29, 0.717) is 11.7 Å². The first-order chi connectivity index (χ1) is 6.83. The van der Waals surface area contributed by atoms with Crippen LogP contribution in [0, 0.1) is 23.7 Å². The van der Waals surface area contributed by atoms with Gasteiger partial charge in [-0.25, -0.2) is 0 Å². The van der Waals surface area contributed by atoms with Gasteiger partial charge in [-0.2, -0.15) is 0 Å². The number of fused-ring (bicyclic) bond motifs is 2. The third-order valence-electron chi connectivity index (χ3n) is 4.91. The van der Waals surface area contributed by atoms with E-state index in [9.17, 15) is 4.79 Å². The minimum atomic E-state index is 0.481. The third kappa shape index (κ3) is 1.41. The molecular weight excluding hydrogens is 172 g/mol. The molecule has 1 nitrogen and oxygen atoms in total. The van der Waals surface area contributed by atoms with Gasteiger partial charge in [-0.3, -0.25) is 4.79 Å². The molecule has 2 bridgehead atoms. The van der Waals surface area contributed by atoms with Crippen molar-refractivity contribution in [2.24, 2.45) is 23.7 Å². The van der Waals surface area contributed by atoms with Crippen LogP contribution in [0.4, 0.5) is 0 Å². The van der Waals surface area contributed by atoms with Crippen molar-refractivity contribution in [1.82, 2.24) is 0 Å². The molecule has 0 saturated heterocycles. The molecule has 0 heterocycles. The first-order valence-corrected chi connectivity index (χ1v) is 6.35. The quantitative estimate of drug-likeness (QED) is 0.671. The second kappa shape index (κ2) is 3.36. The molecule has 0 spiro atoms. The summed E-state index contributed by atoms with van der Waals surface area (Å²) in [5.41, 5.74) is 0. The Morgan fingerprint density at radius 1 is 1.07 bits per heavy atom. The highest BCUT2D eigenvalue weighted by molar-refractivity contribution is 5.82. The van der Waals surface area contributed by atoms with E-state index in [1.165, 1.54) is 44.9 Å². The highest BCUT2D eigenvalue weighted by Gasteiger charge is 2.41. The standard InChI is InChI=1S/C13H20O/c14-13(10-2-1-3-10)8-12-7-9-4-5-11(12)6-9/h9-12H,1-8H2. The maximum Gasteiger partial charge on any atom is 0.136 e. The van der Waals surface area contributed by atoms with E-state index >= 15 is 0 Å². The summed E-state index contributed by atoms with van der Waals surface area (Å²) in [4.78, 5) is 11.9. The molecule has 3 saturated carbocycles. The summed E-state index contributed by atoms with van der Waals surface area (Å²) in [5, 5.41) is 0. The molecule has 3 fully saturated rings. The third-order valence-corrected chi connectivity index (χ3v) is 4.91. The van der Waals surface area contributed by atoms with Crippen LogP contribution in [0.25, 0.3) is 0 Å². The number of ketones is 1. The number of rotatable bonds is 3. The highest BCUT2D eigenvalue weighted by Crippen LogP contribution is 2.50. The maximum atomic E-state index is 11.9. The van der Waals surface area contributed by atoms with E-state index in [4.69, 9.17) is 0 Å². The Labute approximate surface area is 86.3 Å². The number of carbonyl (C=O) groups is 1. The predicted molar refractivity (Wildman–Crippen MR) is 55.9 cm³/mol. The topological polar surface area (TPSA) is 17.1 Å². The van der Waals surface area contributed by atoms with E-state index in [1.54, 1.807) is 0 Å². The lowest BCUT2D eigenvalue weighted by Gasteiger charge is -2.27. The van der Waals surface area contributed by atoms with Gasteiger partial charge in [-0.1, -0.05) is 12.8 Å². The lowest BCUT2D eigenvalue weighted by Crippen LogP contribution is -2.25. The van der Waals surface area contributed by atoms with Crippen LogP contribution < -0.4 is 0 Å². The van der Waals surface area contributed by atoms with Crippen molar-refractivity contribution in [1.29, 1.82) is 0 Å². The SMILES string of the molecule is O=C(CC1CC2CCC1C2)C1CCC1. The van der Waals surface area contributed by atoms with Crippen LogP contribution in [-0.4, -0.2) is 5.78 Å². The van der Waals surface area contributed by atoms with Gasteiger partial charge in [0.15, 0.2) is 0 Å². The van der Waals surface area contributed by atoms with Crippen molar-refractivity contribution in [3.63, 3.8) is 0 Å². The molecule has 3 rings (SSSR count). The first-order valence-electron chi connectivity index (χ1n) is 6.35. The van der Waals surface area contributed by atoms with Crippen LogP contribution in [0.2, 0.25) is 0 Å². The average Bonchev–Trinajstić information content (AvgIpc) is 2.60. The molecule has 14 heavy (non-hydrogen) atoms. The summed E-state index contributed by atoms with van der Waals surface area (Å²) in [6, 6.07) is 0. The second-order valence-electron chi connectivity index (χ2n) is 5.73. The molecule has 0 radical (unpaired) electrons. The van der Waals surface area contributed by atoms with E-state index < -0.39 is 0 Å². The van der Waals surface area contributed by atoms with Crippen LogP contribution in [-0.2, 0) is 4.79 Å². The normalized spacial score (nSPS) is 41.3. The van der Waals surface area contributed by atoms with Gasteiger partial charge < -0.3 is 0 Å². The molecule has 78 valence electrons. The molecule has 0 aromatic heterocycles. The smallest absolute Gasteiger partial charge is 0.136 e. The van der Waals surface area contributed by atoms with Crippen LogP contribution in [0.1, 0.15) is 51.4 Å². The van der Waals surface area contributed by atoms with Gasteiger partial charge in [0, 0.05) is 12.3 Å². The van der Waals surface area contributed by atoms with Crippen LogP contribution in [0.3, 0.4) is 0 Å². The predicted octanol–water partition coefficient (Wildman–Crippen LogP) is 3.18. The maximum absolute atomic E-state index is 11.9. The number of hydrogen-bond acceptors (Lipinski definition) is 1. The summed E-state index contributed by atoms with van der Waals surface area (Å²) in [6.07, 6.45) is 10.3. The molecule has 3 aliphatic rings. The zero-order valence-electron chi connectivity index (χ0n) is 8.87. The second-order valence-corrected chi connectivity index (χ2v) is 5.73. The van der Waals surface area contributed by atoms with E-state index in [0.717, 1.165) is 24.2 Å². The number of hydrogen-bond donors (Lipinski definition) is 0. The van der Waals surface area contributed by atoms with Gasteiger partial charge in [-0.15, -0.1) is 0 Å². The van der Waals surface area contributed by atoms with Crippen molar-refractivity contribution in [3.05, 3.63) is 0 Å². The molecule has 3 atom stereocenters. The summed E-state index contributed by atoms with van der Waals surface area (Å²) in [6.45, 7) is 0. The molecular formula is C13H20O. The molecule has 0 aliphatic heterocycles. The van der Waals surface area contributed by atoms with Crippen LogP contribution >= 0.6 is 0 Å². The summed E-state index contributed by atoms with van der Waals surface area (Å²) < 4.78 is 0. The Morgan fingerprint density at radius 3 is 2.43 bits per heavy atom.